The molecule has 0 atom stereocenters. The van der Waals surface area contributed by atoms with Gasteiger partial charge in [0.2, 0.25) is 0 Å². The fourth-order valence-corrected chi connectivity index (χ4v) is 3.20. The van der Waals surface area contributed by atoms with Gasteiger partial charge >= 0.3 is 5.97 Å². The molecule has 0 aliphatic carbocycles. The summed E-state index contributed by atoms with van der Waals surface area (Å²) in [5, 5.41) is 8.73. The summed E-state index contributed by atoms with van der Waals surface area (Å²) >= 11 is 1.85. The fourth-order valence-electron chi connectivity index (χ4n) is 2.29. The van der Waals surface area contributed by atoms with E-state index in [1.807, 2.05) is 17.8 Å². The van der Waals surface area contributed by atoms with E-state index < -0.39 is 5.97 Å². The van der Waals surface area contributed by atoms with E-state index in [4.69, 9.17) is 5.11 Å². The molecule has 0 aliphatic heterocycles. The van der Waals surface area contributed by atoms with Crippen LogP contribution in [0.2, 0.25) is 0 Å². The maximum Gasteiger partial charge on any atom is 0.330 e. The first-order chi connectivity index (χ1) is 11.2. The number of hydrogen-bond donors (Lipinski definition) is 1. The van der Waals surface area contributed by atoms with Crippen LogP contribution in [0.1, 0.15) is 25.7 Å². The Morgan fingerprint density at radius 3 is 2.22 bits per heavy atom. The molecule has 2 aromatic rings. The summed E-state index contributed by atoms with van der Waals surface area (Å²) in [5.74, 6) is 0.183. The van der Waals surface area contributed by atoms with Gasteiger partial charge in [-0.05, 0) is 48.3 Å². The molecular formula is C20H22O2S. The molecule has 0 spiro atoms. The molecule has 0 fully saturated rings. The number of hydrogen-bond acceptors (Lipinski definition) is 2. The van der Waals surface area contributed by atoms with Gasteiger partial charge in [-0.2, -0.15) is 0 Å². The van der Waals surface area contributed by atoms with Crippen LogP contribution in [0.3, 0.4) is 0 Å². The first-order valence-electron chi connectivity index (χ1n) is 7.86. The molecule has 1 N–H and O–H groups in total. The zero-order valence-electron chi connectivity index (χ0n) is 13.2. The largest absolute Gasteiger partial charge is 0.478 e. The first kappa shape index (κ1) is 17.4. The minimum Gasteiger partial charge on any atom is -0.478 e. The Morgan fingerprint density at radius 1 is 0.913 bits per heavy atom. The van der Waals surface area contributed by atoms with E-state index in [1.165, 1.54) is 16.0 Å². The molecule has 3 heteroatoms. The SMILES string of the molecule is C=C(CCCCCSc1ccc(-c2ccccc2)cc1)C(=O)O. The molecule has 0 amide bonds. The van der Waals surface area contributed by atoms with Crippen LogP contribution < -0.4 is 0 Å². The third-order valence-electron chi connectivity index (χ3n) is 3.66. The molecule has 2 nitrogen and oxygen atoms in total. The number of carboxylic acid groups (broad SMARTS) is 1. The first-order valence-corrected chi connectivity index (χ1v) is 8.85. The summed E-state index contributed by atoms with van der Waals surface area (Å²) in [5.41, 5.74) is 2.79. The highest BCUT2D eigenvalue weighted by atomic mass is 32.2. The van der Waals surface area contributed by atoms with Crippen LogP contribution in [0.25, 0.3) is 11.1 Å². The van der Waals surface area contributed by atoms with Crippen LogP contribution in [0.5, 0.6) is 0 Å². The number of rotatable bonds is 9. The maximum absolute atomic E-state index is 10.6. The minimum absolute atomic E-state index is 0.314. The predicted octanol–water partition coefficient (Wildman–Crippen LogP) is 5.65. The van der Waals surface area contributed by atoms with E-state index in [0.717, 1.165) is 25.0 Å². The van der Waals surface area contributed by atoms with Crippen molar-refractivity contribution in [1.82, 2.24) is 0 Å². The number of benzene rings is 2. The molecule has 2 rings (SSSR count). The minimum atomic E-state index is -0.877. The van der Waals surface area contributed by atoms with Gasteiger partial charge < -0.3 is 5.11 Å². The van der Waals surface area contributed by atoms with E-state index >= 15 is 0 Å². The monoisotopic (exact) mass is 326 g/mol. The van der Waals surface area contributed by atoms with Gasteiger partial charge in [-0.25, -0.2) is 4.79 Å². The molecule has 2 aromatic carbocycles. The predicted molar refractivity (Wildman–Crippen MR) is 97.8 cm³/mol. The summed E-state index contributed by atoms with van der Waals surface area (Å²) in [7, 11) is 0. The van der Waals surface area contributed by atoms with Crippen LogP contribution in [-0.4, -0.2) is 16.8 Å². The quantitative estimate of drug-likeness (QED) is 0.368. The van der Waals surface area contributed by atoms with Gasteiger partial charge in [-0.3, -0.25) is 0 Å². The second kappa shape index (κ2) is 9.21. The third kappa shape index (κ3) is 5.95. The van der Waals surface area contributed by atoms with Crippen LogP contribution in [0.4, 0.5) is 0 Å². The Labute approximate surface area is 142 Å². The van der Waals surface area contributed by atoms with Crippen molar-refractivity contribution in [3.8, 4) is 11.1 Å². The molecule has 120 valence electrons. The molecule has 23 heavy (non-hydrogen) atoms. The summed E-state index contributed by atoms with van der Waals surface area (Å²) in [6, 6.07) is 19.0. The Balaban J connectivity index is 1.69. The molecule has 0 radical (unpaired) electrons. The number of carbonyl (C=O) groups is 1. The summed E-state index contributed by atoms with van der Waals surface area (Å²) < 4.78 is 0. The second-order valence-electron chi connectivity index (χ2n) is 5.46. The normalized spacial score (nSPS) is 10.4. The van der Waals surface area contributed by atoms with Crippen LogP contribution >= 0.6 is 11.8 Å². The zero-order chi connectivity index (χ0) is 16.5. The molecule has 0 aromatic heterocycles. The van der Waals surface area contributed by atoms with Gasteiger partial charge in [-0.15, -0.1) is 11.8 Å². The molecule has 0 aliphatic rings. The summed E-state index contributed by atoms with van der Waals surface area (Å²) in [4.78, 5) is 11.9. The van der Waals surface area contributed by atoms with Crippen molar-refractivity contribution >= 4 is 17.7 Å². The average molecular weight is 326 g/mol. The number of thioether (sulfide) groups is 1. The van der Waals surface area contributed by atoms with E-state index in [0.29, 0.717) is 12.0 Å². The van der Waals surface area contributed by atoms with Crippen LogP contribution in [0, 0.1) is 0 Å². The topological polar surface area (TPSA) is 37.3 Å². The summed E-state index contributed by atoms with van der Waals surface area (Å²) in [6.07, 6.45) is 3.63. The smallest absolute Gasteiger partial charge is 0.330 e. The Bertz CT molecular complexity index is 632. The lowest BCUT2D eigenvalue weighted by Gasteiger charge is -2.05. The van der Waals surface area contributed by atoms with Gasteiger partial charge in [0.15, 0.2) is 0 Å². The third-order valence-corrected chi connectivity index (χ3v) is 4.75. The highest BCUT2D eigenvalue weighted by Crippen LogP contribution is 2.25. The van der Waals surface area contributed by atoms with Crippen molar-refractivity contribution in [3.63, 3.8) is 0 Å². The molecule has 0 saturated carbocycles. The number of unbranched alkanes of at least 4 members (excludes halogenated alkanes) is 2. The Morgan fingerprint density at radius 2 is 1.57 bits per heavy atom. The highest BCUT2D eigenvalue weighted by Gasteiger charge is 2.03. The van der Waals surface area contributed by atoms with Gasteiger partial charge in [0.05, 0.1) is 0 Å². The van der Waals surface area contributed by atoms with Crippen LogP contribution in [0.15, 0.2) is 71.6 Å². The fraction of sp³-hybridized carbons (Fsp3) is 0.250. The number of aliphatic carboxylic acids is 1. The van der Waals surface area contributed by atoms with Crippen molar-refractivity contribution in [3.05, 3.63) is 66.7 Å². The van der Waals surface area contributed by atoms with Crippen molar-refractivity contribution in [2.45, 2.75) is 30.6 Å². The molecular weight excluding hydrogens is 304 g/mol. The standard InChI is InChI=1S/C20H22O2S/c1-16(20(21)22)8-4-3-7-15-23-19-13-11-18(12-14-19)17-9-5-2-6-10-17/h2,5-6,9-14H,1,3-4,7-8,15H2,(H,21,22). The van der Waals surface area contributed by atoms with Gasteiger partial charge in [0, 0.05) is 10.5 Å². The molecule has 0 saturated heterocycles. The average Bonchev–Trinajstić information content (AvgIpc) is 2.59. The highest BCUT2D eigenvalue weighted by molar-refractivity contribution is 7.99. The van der Waals surface area contributed by atoms with E-state index in [-0.39, 0.29) is 0 Å². The van der Waals surface area contributed by atoms with Gasteiger partial charge in [0.1, 0.15) is 0 Å². The summed E-state index contributed by atoms with van der Waals surface area (Å²) in [6.45, 7) is 3.55. The van der Waals surface area contributed by atoms with E-state index in [1.54, 1.807) is 0 Å². The molecule has 0 unspecified atom stereocenters. The van der Waals surface area contributed by atoms with E-state index in [2.05, 4.69) is 55.1 Å². The van der Waals surface area contributed by atoms with E-state index in [9.17, 15) is 4.79 Å². The number of carboxylic acids is 1. The second-order valence-corrected chi connectivity index (χ2v) is 6.63. The maximum atomic E-state index is 10.6. The lowest BCUT2D eigenvalue weighted by molar-refractivity contribution is -0.132. The van der Waals surface area contributed by atoms with Crippen molar-refractivity contribution in [1.29, 1.82) is 0 Å². The lowest BCUT2D eigenvalue weighted by atomic mass is 10.1. The van der Waals surface area contributed by atoms with Crippen molar-refractivity contribution in [2.24, 2.45) is 0 Å². The molecule has 0 bridgehead atoms. The van der Waals surface area contributed by atoms with Crippen molar-refractivity contribution < 1.29 is 9.90 Å². The Hall–Kier alpha value is -2.00. The Kier molecular flexibility index (Phi) is 6.95. The zero-order valence-corrected chi connectivity index (χ0v) is 14.0. The van der Waals surface area contributed by atoms with Gasteiger partial charge in [-0.1, -0.05) is 55.5 Å². The molecule has 0 heterocycles. The van der Waals surface area contributed by atoms with Crippen molar-refractivity contribution in [2.75, 3.05) is 5.75 Å². The lowest BCUT2D eigenvalue weighted by Crippen LogP contribution is -1.98. The van der Waals surface area contributed by atoms with Gasteiger partial charge in [0.25, 0.3) is 0 Å². The van der Waals surface area contributed by atoms with Crippen LogP contribution in [-0.2, 0) is 4.79 Å².